The van der Waals surface area contributed by atoms with E-state index in [2.05, 4.69) is 5.32 Å². The number of fused-ring (bicyclic) bond motifs is 2. The summed E-state index contributed by atoms with van der Waals surface area (Å²) >= 11 is 0. The van der Waals surface area contributed by atoms with Crippen molar-refractivity contribution in [2.24, 2.45) is 5.92 Å². The predicted molar refractivity (Wildman–Crippen MR) is 138 cm³/mol. The average molecular weight is 502 g/mol. The molecule has 3 rings (SSSR count). The second-order valence-corrected chi connectivity index (χ2v) is 11.1. The summed E-state index contributed by atoms with van der Waals surface area (Å²) in [4.78, 5) is 25.9. The summed E-state index contributed by atoms with van der Waals surface area (Å²) < 4.78 is 22.7. The highest BCUT2D eigenvalue weighted by atomic mass is 16.6. The van der Waals surface area contributed by atoms with Crippen molar-refractivity contribution in [2.75, 3.05) is 12.4 Å². The number of aliphatic hydroxyl groups is 1. The Morgan fingerprint density at radius 3 is 2.58 bits per heavy atom. The van der Waals surface area contributed by atoms with Crippen LogP contribution in [0.25, 0.3) is 6.08 Å². The molecule has 0 bridgehead atoms. The number of carbonyl (C=O) groups is 2. The molecule has 1 amide bonds. The van der Waals surface area contributed by atoms with Gasteiger partial charge in [-0.25, -0.2) is 9.59 Å². The number of hydrogen-bond donors (Lipinski definition) is 2. The smallest absolute Gasteiger partial charge is 0.412 e. The molecule has 1 aromatic rings. The van der Waals surface area contributed by atoms with Crippen molar-refractivity contribution in [1.29, 1.82) is 0 Å². The van der Waals surface area contributed by atoms with Crippen LogP contribution in [0, 0.1) is 5.92 Å². The molecule has 8 nitrogen and oxygen atoms in total. The van der Waals surface area contributed by atoms with Gasteiger partial charge in [0.1, 0.15) is 17.5 Å². The Kier molecular flexibility index (Phi) is 8.52. The zero-order valence-corrected chi connectivity index (χ0v) is 22.3. The van der Waals surface area contributed by atoms with Crippen LogP contribution in [0.3, 0.4) is 0 Å². The Morgan fingerprint density at radius 1 is 1.19 bits per heavy atom. The van der Waals surface area contributed by atoms with Gasteiger partial charge in [0.2, 0.25) is 0 Å². The number of hydrogen-bond acceptors (Lipinski definition) is 7. The van der Waals surface area contributed by atoms with Gasteiger partial charge in [0.05, 0.1) is 36.2 Å². The number of cyclic esters (lactones) is 1. The molecule has 0 spiro atoms. The molecule has 198 valence electrons. The maximum absolute atomic E-state index is 13.3. The number of nitrogens with one attached hydrogen (secondary N) is 1. The second-order valence-electron chi connectivity index (χ2n) is 11.1. The minimum atomic E-state index is -0.756. The summed E-state index contributed by atoms with van der Waals surface area (Å²) in [6.07, 6.45) is 6.90. The standard InChI is InChI=1S/C28H39NO7/c1-17-10-8-13-22(30)24-19(16-28(5,6)35-24)12-9-11-18-14-20(33-7)15-21(23(18)25(31)34-17)29-26(32)36-27(2,3)4/h8-9,11,13-15,17,19,22,24,30H,10,12,16H2,1-7H3,(H,29,32)/b11-9?,13-8-/t17-,19+,22?,24-/m0/s1. The number of allylic oxidation sites excluding steroid dienone is 1. The van der Waals surface area contributed by atoms with Crippen molar-refractivity contribution >= 4 is 23.8 Å². The quantitative estimate of drug-likeness (QED) is 0.408. The summed E-state index contributed by atoms with van der Waals surface area (Å²) in [5.41, 5.74) is -0.0593. The average Bonchev–Trinajstić information content (AvgIpc) is 3.05. The van der Waals surface area contributed by atoms with E-state index in [4.69, 9.17) is 18.9 Å². The van der Waals surface area contributed by atoms with Gasteiger partial charge in [0.25, 0.3) is 0 Å². The normalized spacial score (nSPS) is 27.2. The monoisotopic (exact) mass is 501 g/mol. The molecule has 0 aliphatic carbocycles. The SMILES string of the molecule is COc1cc2c(c(NC(=O)OC(C)(C)C)c1)C(=O)O[C@@H](C)C/C=C\C(O)[C@H]1OC(C)(C)C[C@H]1CC=C2. The summed E-state index contributed by atoms with van der Waals surface area (Å²) in [5.74, 6) is -0.0188. The van der Waals surface area contributed by atoms with E-state index < -0.39 is 29.9 Å². The van der Waals surface area contributed by atoms with Gasteiger partial charge in [-0.3, -0.25) is 5.32 Å². The summed E-state index contributed by atoms with van der Waals surface area (Å²) in [7, 11) is 1.52. The highest BCUT2D eigenvalue weighted by molar-refractivity contribution is 6.03. The number of methoxy groups -OCH3 is 1. The van der Waals surface area contributed by atoms with Crippen LogP contribution in [0.15, 0.2) is 30.4 Å². The van der Waals surface area contributed by atoms with Crippen LogP contribution in [0.4, 0.5) is 10.5 Å². The molecule has 36 heavy (non-hydrogen) atoms. The van der Waals surface area contributed by atoms with Gasteiger partial charge in [-0.2, -0.15) is 0 Å². The van der Waals surface area contributed by atoms with Gasteiger partial charge < -0.3 is 24.1 Å². The van der Waals surface area contributed by atoms with Gasteiger partial charge in [-0.05, 0) is 71.9 Å². The minimum Gasteiger partial charge on any atom is -0.497 e. The molecular weight excluding hydrogens is 462 g/mol. The maximum atomic E-state index is 13.3. The molecule has 2 aliphatic rings. The van der Waals surface area contributed by atoms with Gasteiger partial charge in [-0.15, -0.1) is 0 Å². The van der Waals surface area contributed by atoms with E-state index in [9.17, 15) is 14.7 Å². The fourth-order valence-corrected chi connectivity index (χ4v) is 4.63. The lowest BCUT2D eigenvalue weighted by Crippen LogP contribution is -2.31. The molecule has 0 aromatic heterocycles. The summed E-state index contributed by atoms with van der Waals surface area (Å²) in [6.45, 7) is 11.1. The third kappa shape index (κ3) is 7.34. The number of aliphatic hydroxyl groups excluding tert-OH is 1. The Labute approximate surface area is 213 Å². The number of carbonyl (C=O) groups excluding carboxylic acids is 2. The van der Waals surface area contributed by atoms with Gasteiger partial charge in [0.15, 0.2) is 0 Å². The van der Waals surface area contributed by atoms with E-state index >= 15 is 0 Å². The summed E-state index contributed by atoms with van der Waals surface area (Å²) in [6, 6.07) is 3.30. The number of benzene rings is 1. The van der Waals surface area contributed by atoms with Crippen molar-refractivity contribution in [2.45, 2.75) is 90.3 Å². The van der Waals surface area contributed by atoms with Crippen molar-refractivity contribution in [3.8, 4) is 5.75 Å². The van der Waals surface area contributed by atoms with Crippen LogP contribution < -0.4 is 10.1 Å². The zero-order valence-electron chi connectivity index (χ0n) is 22.3. The number of ether oxygens (including phenoxy) is 4. The third-order valence-corrected chi connectivity index (χ3v) is 6.07. The first kappa shape index (κ1) is 27.7. The topological polar surface area (TPSA) is 103 Å². The molecule has 2 N–H and O–H groups in total. The minimum absolute atomic E-state index is 0.0941. The van der Waals surface area contributed by atoms with Gasteiger partial charge >= 0.3 is 12.1 Å². The molecule has 2 aliphatic heterocycles. The number of amides is 1. The molecule has 8 heteroatoms. The van der Waals surface area contributed by atoms with Gasteiger partial charge in [-0.1, -0.05) is 24.3 Å². The Morgan fingerprint density at radius 2 is 1.92 bits per heavy atom. The lowest BCUT2D eigenvalue weighted by molar-refractivity contribution is -0.0648. The molecular formula is C28H39NO7. The number of anilines is 1. The second kappa shape index (κ2) is 11.0. The fraction of sp³-hybridized carbons (Fsp3) is 0.571. The van der Waals surface area contributed by atoms with E-state index in [1.54, 1.807) is 45.9 Å². The van der Waals surface area contributed by atoms with Crippen molar-refractivity contribution < 1.29 is 33.6 Å². The Balaban J connectivity index is 2.04. The lowest BCUT2D eigenvalue weighted by Gasteiger charge is -2.23. The highest BCUT2D eigenvalue weighted by Crippen LogP contribution is 2.39. The van der Waals surface area contributed by atoms with Crippen molar-refractivity contribution in [3.63, 3.8) is 0 Å². The van der Waals surface area contributed by atoms with E-state index in [1.807, 2.05) is 32.1 Å². The zero-order chi connectivity index (χ0) is 26.7. The van der Waals surface area contributed by atoms with E-state index in [1.165, 1.54) is 7.11 Å². The van der Waals surface area contributed by atoms with E-state index in [0.717, 1.165) is 6.42 Å². The van der Waals surface area contributed by atoms with Crippen LogP contribution >= 0.6 is 0 Å². The molecule has 2 heterocycles. The molecule has 1 fully saturated rings. The van der Waals surface area contributed by atoms with Crippen LogP contribution in [0.1, 0.15) is 76.7 Å². The highest BCUT2D eigenvalue weighted by Gasteiger charge is 2.42. The number of esters is 1. The van der Waals surface area contributed by atoms with Gasteiger partial charge in [0, 0.05) is 12.5 Å². The molecule has 0 saturated carbocycles. The van der Waals surface area contributed by atoms with Crippen LogP contribution in [0.5, 0.6) is 5.75 Å². The molecule has 1 unspecified atom stereocenters. The van der Waals surface area contributed by atoms with Crippen LogP contribution in [-0.4, -0.2) is 53.8 Å². The molecule has 1 aromatic carbocycles. The Bertz CT molecular complexity index is 1020. The van der Waals surface area contributed by atoms with E-state index in [-0.39, 0.29) is 28.9 Å². The first-order valence-corrected chi connectivity index (χ1v) is 12.4. The molecule has 4 atom stereocenters. The largest absolute Gasteiger partial charge is 0.497 e. The molecule has 1 saturated heterocycles. The Hall–Kier alpha value is -2.84. The third-order valence-electron chi connectivity index (χ3n) is 6.07. The number of rotatable bonds is 2. The van der Waals surface area contributed by atoms with E-state index in [0.29, 0.717) is 24.2 Å². The summed E-state index contributed by atoms with van der Waals surface area (Å²) in [5, 5.41) is 13.5. The first-order chi connectivity index (χ1) is 16.8. The van der Waals surface area contributed by atoms with Crippen molar-refractivity contribution in [3.05, 3.63) is 41.5 Å². The lowest BCUT2D eigenvalue weighted by atomic mass is 9.88. The maximum Gasteiger partial charge on any atom is 0.412 e. The van der Waals surface area contributed by atoms with Crippen LogP contribution in [0.2, 0.25) is 0 Å². The predicted octanol–water partition coefficient (Wildman–Crippen LogP) is 5.50. The fourth-order valence-electron chi connectivity index (χ4n) is 4.63. The van der Waals surface area contributed by atoms with Crippen molar-refractivity contribution in [1.82, 2.24) is 0 Å². The first-order valence-electron chi connectivity index (χ1n) is 12.4. The van der Waals surface area contributed by atoms with Crippen LogP contribution in [-0.2, 0) is 14.2 Å². The molecule has 0 radical (unpaired) electrons.